The third-order valence-corrected chi connectivity index (χ3v) is 8.71. The molecule has 1 heterocycles. The molecule has 18 nitrogen and oxygen atoms in total. The van der Waals surface area contributed by atoms with Crippen LogP contribution in [0, 0.1) is 0 Å². The predicted octanol–water partition coefficient (Wildman–Crippen LogP) is -7.18. The number of hydrogen-bond acceptors (Lipinski definition) is 17. The Morgan fingerprint density at radius 3 is 1.66 bits per heavy atom. The Morgan fingerprint density at radius 1 is 0.740 bits per heavy atom. The number of rotatable bonds is 27. The van der Waals surface area contributed by atoms with Gasteiger partial charge in [-0.05, 0) is 6.42 Å². The molecule has 7 N–H and O–H groups in total. The van der Waals surface area contributed by atoms with Gasteiger partial charge < -0.3 is 54.5 Å². The Kier molecular flexibility index (Phi) is 30.0. The van der Waals surface area contributed by atoms with Gasteiger partial charge in [0.25, 0.3) is 5.91 Å². The van der Waals surface area contributed by atoms with E-state index in [1.165, 1.54) is 51.4 Å². The first-order valence-electron chi connectivity index (χ1n) is 16.4. The summed E-state index contributed by atoms with van der Waals surface area (Å²) >= 11 is 0. The van der Waals surface area contributed by atoms with E-state index >= 15 is 0 Å². The molecule has 1 aliphatic rings. The summed E-state index contributed by atoms with van der Waals surface area (Å²) in [4.78, 5) is 12.6. The van der Waals surface area contributed by atoms with Crippen molar-refractivity contribution in [2.24, 2.45) is 0 Å². The Hall–Kier alpha value is 0.890. The van der Waals surface area contributed by atoms with Crippen LogP contribution in [0.1, 0.15) is 96.8 Å². The molecule has 1 rings (SSSR count). The minimum atomic E-state index is -5.38. The molecule has 50 heavy (non-hydrogen) atoms. The summed E-state index contributed by atoms with van der Waals surface area (Å²) in [5.74, 6) is -1.12. The van der Waals surface area contributed by atoms with Gasteiger partial charge in [0, 0.05) is 6.54 Å². The molecule has 1 amide bonds. The maximum atomic E-state index is 12.6. The van der Waals surface area contributed by atoms with E-state index in [-0.39, 0.29) is 65.7 Å². The maximum Gasteiger partial charge on any atom is 1.00 e. The molecule has 0 aromatic heterocycles. The van der Waals surface area contributed by atoms with Gasteiger partial charge in [-0.25, -0.2) is 16.8 Å². The predicted molar refractivity (Wildman–Crippen MR) is 164 cm³/mol. The Morgan fingerprint density at radius 2 is 1.20 bits per heavy atom. The second-order valence-corrected chi connectivity index (χ2v) is 14.0. The van der Waals surface area contributed by atoms with Gasteiger partial charge in [-0.1, -0.05) is 90.4 Å². The monoisotopic (exact) mass is 785 g/mol. The molecule has 1 aliphatic heterocycles. The second kappa shape index (κ2) is 28.3. The number of aliphatic hydroxyl groups is 6. The van der Waals surface area contributed by atoms with Crippen molar-refractivity contribution in [2.75, 3.05) is 19.8 Å². The number of carbonyl (C=O) groups is 1. The van der Waals surface area contributed by atoms with E-state index in [1.807, 2.05) is 0 Å². The molecular weight excluding hydrogens is 732 g/mol. The molecule has 0 radical (unpaired) electrons. The number of carbonyl (C=O) groups excluding carboxylic acids is 1. The largest absolute Gasteiger partial charge is 1.00 e. The minimum Gasteiger partial charge on any atom is -0.726 e. The molecule has 0 aliphatic carbocycles. The van der Waals surface area contributed by atoms with Gasteiger partial charge in [-0.3, -0.25) is 13.2 Å². The fraction of sp³-hybridized carbons (Fsp3) is 0.964. The number of aliphatic hydroxyl groups excluding tert-OH is 6. The van der Waals surface area contributed by atoms with Crippen molar-refractivity contribution in [3.05, 3.63) is 0 Å². The number of unbranched alkanes of at least 4 members (excludes halogenated alkanes) is 13. The van der Waals surface area contributed by atoms with Gasteiger partial charge in [0.1, 0.15) is 42.7 Å². The second-order valence-electron chi connectivity index (χ2n) is 11.9. The SMILES string of the molecule is CCCCCCCCCCCCCCCCNC(=O)[C@H](O)[C@@H](O)[C@H](O[C@H]1OC(COS(=O)(=O)[O-])[C@@H](O)C(O)[C@@H]1O)[C@H](O)COS(=O)(=O)[O-].[Na+].[Na+]. The smallest absolute Gasteiger partial charge is 0.726 e. The van der Waals surface area contributed by atoms with Gasteiger partial charge in [0.05, 0.1) is 13.2 Å². The van der Waals surface area contributed by atoms with Crippen molar-refractivity contribution in [1.82, 2.24) is 5.32 Å². The molecule has 0 bridgehead atoms. The number of nitrogens with one attached hydrogen (secondary N) is 1. The van der Waals surface area contributed by atoms with Crippen molar-refractivity contribution in [3.63, 3.8) is 0 Å². The normalized spacial score (nSPS) is 23.6. The average molecular weight is 786 g/mol. The fourth-order valence-electron chi connectivity index (χ4n) is 5.09. The van der Waals surface area contributed by atoms with E-state index < -0.39 is 95.0 Å². The molecule has 2 unspecified atom stereocenters. The zero-order valence-electron chi connectivity index (χ0n) is 29.2. The van der Waals surface area contributed by atoms with Crippen molar-refractivity contribution in [2.45, 2.75) is 152 Å². The standard InChI is InChI=1S/C28H55NO17S2.2Na/c1-2-3-4-5-6-7-8-9-10-11-12-13-14-15-16-29-27(36)24(34)23(33)26(19(30)17-43-47(37,38)39)46-28-25(35)22(32)21(31)20(45-28)18-44-48(40,41)42;;/h19-26,28,30-35H,2-18H2,1H3,(H,29,36)(H,37,38,39)(H,40,41,42);;/q;2*+1/p-2/t19-,20?,21-,22?,23-,24-,25+,26-,28-;;/m1../s1. The molecular formula is C28H53NNa2O17S2. The molecule has 22 heteroatoms. The van der Waals surface area contributed by atoms with Crippen LogP contribution in [0.4, 0.5) is 0 Å². The molecule has 0 spiro atoms. The van der Waals surface area contributed by atoms with Gasteiger partial charge >= 0.3 is 59.1 Å². The van der Waals surface area contributed by atoms with Crippen LogP contribution < -0.4 is 64.4 Å². The first-order chi connectivity index (χ1) is 22.5. The van der Waals surface area contributed by atoms with Crippen LogP contribution in [0.15, 0.2) is 0 Å². The molecule has 1 saturated heterocycles. The Labute approximate surface area is 339 Å². The molecule has 0 saturated carbocycles. The summed E-state index contributed by atoms with van der Waals surface area (Å²) in [7, 11) is -10.7. The van der Waals surface area contributed by atoms with Gasteiger partial charge in [-0.15, -0.1) is 0 Å². The van der Waals surface area contributed by atoms with Crippen LogP contribution >= 0.6 is 0 Å². The fourth-order valence-corrected chi connectivity index (χ4v) is 5.70. The summed E-state index contributed by atoms with van der Waals surface area (Å²) in [5.41, 5.74) is 0. The summed E-state index contributed by atoms with van der Waals surface area (Å²) in [6.07, 6.45) is -3.95. The van der Waals surface area contributed by atoms with E-state index in [0.29, 0.717) is 6.42 Å². The van der Waals surface area contributed by atoms with E-state index in [0.717, 1.165) is 32.1 Å². The summed E-state index contributed by atoms with van der Waals surface area (Å²) in [5, 5.41) is 64.6. The van der Waals surface area contributed by atoms with Crippen LogP contribution in [-0.4, -0.2) is 137 Å². The third-order valence-electron chi connectivity index (χ3n) is 7.86. The first kappa shape index (κ1) is 53.0. The zero-order valence-corrected chi connectivity index (χ0v) is 34.8. The van der Waals surface area contributed by atoms with Crippen LogP contribution in [0.3, 0.4) is 0 Å². The van der Waals surface area contributed by atoms with Crippen LogP contribution in [0.25, 0.3) is 0 Å². The summed E-state index contributed by atoms with van der Waals surface area (Å²) < 4.78 is 83.4. The van der Waals surface area contributed by atoms with E-state index in [1.54, 1.807) is 0 Å². The van der Waals surface area contributed by atoms with E-state index in [4.69, 9.17) is 9.47 Å². The zero-order chi connectivity index (χ0) is 36.3. The molecule has 0 aromatic rings. The van der Waals surface area contributed by atoms with Gasteiger partial charge in [0.2, 0.25) is 20.8 Å². The Balaban J connectivity index is 0. The minimum absolute atomic E-state index is 0. The summed E-state index contributed by atoms with van der Waals surface area (Å²) in [6.45, 7) is -0.222. The summed E-state index contributed by atoms with van der Waals surface area (Å²) in [6, 6.07) is 0. The van der Waals surface area contributed by atoms with Gasteiger partial charge in [-0.2, -0.15) is 0 Å². The molecule has 9 atom stereocenters. The quantitative estimate of drug-likeness (QED) is 0.0176. The third kappa shape index (κ3) is 23.0. The molecule has 0 aromatic carbocycles. The molecule has 286 valence electrons. The maximum absolute atomic E-state index is 12.6. The van der Waals surface area contributed by atoms with Crippen LogP contribution in [0.2, 0.25) is 0 Å². The van der Waals surface area contributed by atoms with Crippen LogP contribution in [-0.2, 0) is 43.4 Å². The number of ether oxygens (including phenoxy) is 2. The van der Waals surface area contributed by atoms with Crippen molar-refractivity contribution in [3.8, 4) is 0 Å². The van der Waals surface area contributed by atoms with E-state index in [2.05, 4.69) is 20.6 Å². The van der Waals surface area contributed by atoms with Gasteiger partial charge in [0.15, 0.2) is 12.4 Å². The average Bonchev–Trinajstić information content (AvgIpc) is 3.01. The van der Waals surface area contributed by atoms with Crippen molar-refractivity contribution in [1.29, 1.82) is 0 Å². The molecule has 1 fully saturated rings. The number of hydrogen-bond donors (Lipinski definition) is 7. The number of amides is 1. The first-order valence-corrected chi connectivity index (χ1v) is 19.0. The topological polar surface area (TPSA) is 302 Å². The van der Waals surface area contributed by atoms with Crippen molar-refractivity contribution < 1.29 is 138 Å². The van der Waals surface area contributed by atoms with E-state index in [9.17, 15) is 61.4 Å². The van der Waals surface area contributed by atoms with Crippen molar-refractivity contribution >= 4 is 26.7 Å². The van der Waals surface area contributed by atoms with Crippen LogP contribution in [0.5, 0.6) is 0 Å². The Bertz CT molecular complexity index is 1110.